The molecule has 22 heavy (non-hydrogen) atoms. The molecule has 2 N–H and O–H groups in total. The summed E-state index contributed by atoms with van der Waals surface area (Å²) in [5, 5.41) is 10.3. The fourth-order valence-corrected chi connectivity index (χ4v) is 2.92. The highest BCUT2D eigenvalue weighted by atomic mass is 32.2. The second-order valence-corrected chi connectivity index (χ2v) is 7.26. The molecule has 1 aromatic carbocycles. The van der Waals surface area contributed by atoms with Crippen LogP contribution in [0.15, 0.2) is 18.2 Å². The summed E-state index contributed by atoms with van der Waals surface area (Å²) in [5.41, 5.74) is -1.97. The Morgan fingerprint density at radius 2 is 2.00 bits per heavy atom. The third kappa shape index (κ3) is 4.98. The summed E-state index contributed by atoms with van der Waals surface area (Å²) >= 11 is 0. The molecule has 1 atom stereocenters. The van der Waals surface area contributed by atoms with Crippen LogP contribution in [0.4, 0.5) is 8.78 Å². The Labute approximate surface area is 130 Å². The van der Waals surface area contributed by atoms with Gasteiger partial charge in [-0.25, -0.2) is 8.78 Å². The van der Waals surface area contributed by atoms with Crippen LogP contribution in [0.3, 0.4) is 0 Å². The molecule has 0 aromatic heterocycles. The van der Waals surface area contributed by atoms with E-state index >= 15 is 0 Å². The van der Waals surface area contributed by atoms with Crippen LogP contribution in [0.5, 0.6) is 0 Å². The molecule has 0 saturated carbocycles. The van der Waals surface area contributed by atoms with Crippen LogP contribution >= 0.6 is 0 Å². The van der Waals surface area contributed by atoms with E-state index in [4.69, 9.17) is 0 Å². The van der Waals surface area contributed by atoms with Gasteiger partial charge < -0.3 is 5.11 Å². The lowest BCUT2D eigenvalue weighted by molar-refractivity contribution is 0.0584. The molecule has 1 aromatic rings. The minimum Gasteiger partial charge on any atom is -0.384 e. The molecule has 0 aliphatic rings. The average Bonchev–Trinajstić information content (AvgIpc) is 2.42. The topological polar surface area (TPSA) is 69.6 Å². The van der Waals surface area contributed by atoms with E-state index in [1.807, 2.05) is 6.92 Å². The molecule has 0 bridgehead atoms. The van der Waals surface area contributed by atoms with Gasteiger partial charge >= 0.3 is 0 Å². The van der Waals surface area contributed by atoms with Crippen molar-refractivity contribution in [2.24, 2.45) is 0 Å². The number of unbranched alkanes of at least 4 members (excludes halogenated alkanes) is 1. The quantitative estimate of drug-likeness (QED) is 0.760. The van der Waals surface area contributed by atoms with Crippen molar-refractivity contribution in [1.82, 2.24) is 9.03 Å². The Bertz CT molecular complexity index is 606. The average molecular weight is 336 g/mol. The van der Waals surface area contributed by atoms with Crippen molar-refractivity contribution in [2.45, 2.75) is 32.3 Å². The fraction of sp³-hybridized carbons (Fsp3) is 0.571. The Kier molecular flexibility index (Phi) is 6.42. The maximum atomic E-state index is 13.7. The first-order chi connectivity index (χ1) is 10.1. The van der Waals surface area contributed by atoms with Crippen molar-refractivity contribution in [1.29, 1.82) is 0 Å². The van der Waals surface area contributed by atoms with E-state index < -0.39 is 34.0 Å². The van der Waals surface area contributed by atoms with E-state index in [9.17, 15) is 22.3 Å². The molecule has 0 aliphatic heterocycles. The highest BCUT2D eigenvalue weighted by Crippen LogP contribution is 2.23. The second kappa shape index (κ2) is 7.45. The van der Waals surface area contributed by atoms with Gasteiger partial charge in [0, 0.05) is 31.8 Å². The van der Waals surface area contributed by atoms with Crippen LogP contribution in [-0.4, -0.2) is 38.0 Å². The maximum Gasteiger partial charge on any atom is 0.279 e. The zero-order valence-corrected chi connectivity index (χ0v) is 13.8. The summed E-state index contributed by atoms with van der Waals surface area (Å²) in [6.45, 7) is 3.13. The molecule has 5 nitrogen and oxygen atoms in total. The number of aliphatic hydroxyl groups is 1. The molecule has 0 aliphatic carbocycles. The predicted octanol–water partition coefficient (Wildman–Crippen LogP) is 1.74. The molecule has 0 amide bonds. The van der Waals surface area contributed by atoms with Crippen LogP contribution in [0, 0.1) is 11.6 Å². The summed E-state index contributed by atoms with van der Waals surface area (Å²) in [7, 11) is -2.35. The number of nitrogens with one attached hydrogen (secondary N) is 1. The Morgan fingerprint density at radius 3 is 2.55 bits per heavy atom. The molecule has 0 saturated heterocycles. The Morgan fingerprint density at radius 1 is 1.36 bits per heavy atom. The standard InChI is InChI=1S/C14H22F2N2O3S/c1-4-5-8-18(3)22(20,21)17-10-14(2,19)12-7-6-11(15)9-13(12)16/h6-7,9,17,19H,4-5,8,10H2,1-3H3. The van der Waals surface area contributed by atoms with Gasteiger partial charge in [-0.05, 0) is 19.4 Å². The zero-order valence-electron chi connectivity index (χ0n) is 12.9. The Hall–Kier alpha value is -1.09. The minimum atomic E-state index is -3.77. The van der Waals surface area contributed by atoms with E-state index in [1.165, 1.54) is 14.0 Å². The number of rotatable bonds is 8. The molecule has 0 radical (unpaired) electrons. The number of halogens is 2. The van der Waals surface area contributed by atoms with Gasteiger partial charge in [0.1, 0.15) is 17.2 Å². The van der Waals surface area contributed by atoms with E-state index in [2.05, 4.69) is 4.72 Å². The van der Waals surface area contributed by atoms with Gasteiger partial charge in [0.05, 0.1) is 0 Å². The van der Waals surface area contributed by atoms with Gasteiger partial charge in [0.25, 0.3) is 10.2 Å². The van der Waals surface area contributed by atoms with Crippen molar-refractivity contribution < 1.29 is 22.3 Å². The van der Waals surface area contributed by atoms with Gasteiger partial charge in [-0.15, -0.1) is 0 Å². The van der Waals surface area contributed by atoms with E-state index in [0.717, 1.165) is 22.9 Å². The molecular weight excluding hydrogens is 314 g/mol. The molecule has 126 valence electrons. The summed E-state index contributed by atoms with van der Waals surface area (Å²) in [4.78, 5) is 0. The summed E-state index contributed by atoms with van der Waals surface area (Å²) < 4.78 is 54.0. The number of nitrogens with zero attached hydrogens (tertiary/aromatic N) is 1. The third-order valence-corrected chi connectivity index (χ3v) is 4.86. The van der Waals surface area contributed by atoms with Crippen LogP contribution in [0.1, 0.15) is 32.3 Å². The van der Waals surface area contributed by atoms with Gasteiger partial charge in [0.15, 0.2) is 0 Å². The molecule has 1 rings (SSSR count). The van der Waals surface area contributed by atoms with Crippen molar-refractivity contribution in [3.05, 3.63) is 35.4 Å². The minimum absolute atomic E-state index is 0.173. The zero-order chi connectivity index (χ0) is 17.0. The predicted molar refractivity (Wildman–Crippen MR) is 80.4 cm³/mol. The van der Waals surface area contributed by atoms with Gasteiger partial charge in [-0.3, -0.25) is 0 Å². The van der Waals surface area contributed by atoms with E-state index in [-0.39, 0.29) is 5.56 Å². The van der Waals surface area contributed by atoms with Gasteiger partial charge in [-0.1, -0.05) is 19.4 Å². The first-order valence-electron chi connectivity index (χ1n) is 6.99. The fourth-order valence-electron chi connectivity index (χ4n) is 1.86. The second-order valence-electron chi connectivity index (χ2n) is 5.40. The summed E-state index contributed by atoms with van der Waals surface area (Å²) in [6.07, 6.45) is 1.55. The van der Waals surface area contributed by atoms with E-state index in [1.54, 1.807) is 0 Å². The molecule has 0 fully saturated rings. The van der Waals surface area contributed by atoms with Crippen molar-refractivity contribution >= 4 is 10.2 Å². The molecule has 0 spiro atoms. The van der Waals surface area contributed by atoms with Gasteiger partial charge in [-0.2, -0.15) is 17.4 Å². The number of benzene rings is 1. The molecular formula is C14H22F2N2O3S. The van der Waals surface area contributed by atoms with Crippen molar-refractivity contribution in [3.63, 3.8) is 0 Å². The normalized spacial score (nSPS) is 15.0. The van der Waals surface area contributed by atoms with E-state index in [0.29, 0.717) is 19.0 Å². The first kappa shape index (κ1) is 19.0. The summed E-state index contributed by atoms with van der Waals surface area (Å²) in [5.74, 6) is -1.69. The third-order valence-electron chi connectivity index (χ3n) is 3.35. The number of hydrogen-bond donors (Lipinski definition) is 2. The monoisotopic (exact) mass is 336 g/mol. The highest BCUT2D eigenvalue weighted by Gasteiger charge is 2.29. The molecule has 0 heterocycles. The largest absolute Gasteiger partial charge is 0.384 e. The molecule has 8 heteroatoms. The van der Waals surface area contributed by atoms with Gasteiger partial charge in [0.2, 0.25) is 0 Å². The highest BCUT2D eigenvalue weighted by molar-refractivity contribution is 7.87. The Balaban J connectivity index is 2.80. The van der Waals surface area contributed by atoms with Crippen LogP contribution in [0.2, 0.25) is 0 Å². The maximum absolute atomic E-state index is 13.7. The van der Waals surface area contributed by atoms with Crippen LogP contribution < -0.4 is 4.72 Å². The number of hydrogen-bond acceptors (Lipinski definition) is 3. The SMILES string of the molecule is CCCCN(C)S(=O)(=O)NCC(C)(O)c1ccc(F)cc1F. The summed E-state index contributed by atoms with van der Waals surface area (Å²) in [6, 6.07) is 2.75. The van der Waals surface area contributed by atoms with Crippen molar-refractivity contribution in [3.8, 4) is 0 Å². The van der Waals surface area contributed by atoms with Crippen LogP contribution in [0.25, 0.3) is 0 Å². The van der Waals surface area contributed by atoms with Crippen molar-refractivity contribution in [2.75, 3.05) is 20.1 Å². The lowest BCUT2D eigenvalue weighted by Gasteiger charge is -2.26. The first-order valence-corrected chi connectivity index (χ1v) is 8.43. The van der Waals surface area contributed by atoms with Crippen LogP contribution in [-0.2, 0) is 15.8 Å². The lowest BCUT2D eigenvalue weighted by atomic mass is 9.96. The molecule has 1 unspecified atom stereocenters. The lowest BCUT2D eigenvalue weighted by Crippen LogP contribution is -2.45. The smallest absolute Gasteiger partial charge is 0.279 e.